The van der Waals surface area contributed by atoms with Gasteiger partial charge in [-0.05, 0) is 76.2 Å². The number of aromatic nitrogens is 3. The predicted octanol–water partition coefficient (Wildman–Crippen LogP) is 0.958. The minimum atomic E-state index is -1.49. The molecule has 1 aromatic carbocycles. The zero-order valence-electron chi connectivity index (χ0n) is 53.9. The van der Waals surface area contributed by atoms with Crippen LogP contribution in [0.15, 0.2) is 24.3 Å². The first-order valence-corrected chi connectivity index (χ1v) is 31.8. The Labute approximate surface area is 581 Å². The molecule has 541 valence electrons. The number of carbonyl (C=O) groups excluding carboxylic acids is 4. The van der Waals surface area contributed by atoms with Gasteiger partial charge in [-0.15, -0.1) is 0 Å². The number of piperazine rings is 1. The van der Waals surface area contributed by atoms with E-state index >= 15 is 0 Å². The van der Waals surface area contributed by atoms with Crippen molar-refractivity contribution in [2.75, 3.05) is 160 Å². The second-order valence-electron chi connectivity index (χ2n) is 22.9. The zero-order valence-corrected chi connectivity index (χ0v) is 55.6. The summed E-state index contributed by atoms with van der Waals surface area (Å²) in [5, 5.41) is 79.3. The van der Waals surface area contributed by atoms with Crippen LogP contribution in [-0.2, 0) is 63.8 Å². The summed E-state index contributed by atoms with van der Waals surface area (Å²) in [5.74, 6) is -6.88. The second-order valence-corrected chi connectivity index (χ2v) is 22.9. The van der Waals surface area contributed by atoms with E-state index in [0.717, 1.165) is 76.6 Å². The average Bonchev–Trinajstić information content (AvgIpc) is 0.851. The molecule has 0 saturated carbocycles. The summed E-state index contributed by atoms with van der Waals surface area (Å²) in [6.07, 6.45) is 9.20. The molecule has 0 spiro atoms. The number of anilines is 4. The summed E-state index contributed by atoms with van der Waals surface area (Å²) in [6, 6.07) is 3.59. The number of nitrogens with one attached hydrogen (secondary N) is 5. The van der Waals surface area contributed by atoms with E-state index in [0.29, 0.717) is 115 Å². The van der Waals surface area contributed by atoms with Crippen molar-refractivity contribution in [1.29, 1.82) is 0 Å². The van der Waals surface area contributed by atoms with Gasteiger partial charge in [-0.25, -0.2) is 14.4 Å². The molecule has 2 fully saturated rings. The van der Waals surface area contributed by atoms with Crippen molar-refractivity contribution in [3.8, 4) is 0 Å². The molecule has 3 heterocycles. The minimum absolute atomic E-state index is 0. The Hall–Kier alpha value is -7.01. The number of rotatable bonds is 44. The molecule has 1 unspecified atom stereocenters. The molecule has 1 radical (unpaired) electrons. The maximum Gasteiger partial charge on any atom is 0.373 e. The quantitative estimate of drug-likeness (QED) is 0.0411. The first-order chi connectivity index (χ1) is 45.0. The van der Waals surface area contributed by atoms with Crippen LogP contribution in [0, 0.1) is 36.9 Å². The largest absolute Gasteiger partial charge is 0.481 e. The maximum atomic E-state index is 12.4. The van der Waals surface area contributed by atoms with Crippen molar-refractivity contribution >= 4 is 83.4 Å². The summed E-state index contributed by atoms with van der Waals surface area (Å²) in [5.41, 5.74) is 1.63. The number of hydrogen-bond acceptors (Lipinski definition) is 24. The summed E-state index contributed by atoms with van der Waals surface area (Å²) < 4.78 is 11.0. The minimum Gasteiger partial charge on any atom is -0.481 e. The molecule has 4 rings (SSSR count). The van der Waals surface area contributed by atoms with Crippen molar-refractivity contribution in [2.45, 2.75) is 121 Å². The van der Waals surface area contributed by atoms with E-state index in [9.17, 15) is 68.7 Å². The third-order valence-electron chi connectivity index (χ3n) is 15.4. The molecule has 95 heavy (non-hydrogen) atoms. The maximum absolute atomic E-state index is 12.4. The van der Waals surface area contributed by atoms with Crippen LogP contribution in [0.4, 0.5) is 28.3 Å². The molecule has 12 N–H and O–H groups in total. The number of aliphatic carboxylic acids is 7. The van der Waals surface area contributed by atoms with E-state index in [4.69, 9.17) is 39.2 Å². The number of carbonyl (C=O) groups is 9. The Morgan fingerprint density at radius 2 is 1.07 bits per heavy atom. The topological polar surface area (TPSA) is 466 Å². The van der Waals surface area contributed by atoms with Crippen molar-refractivity contribution in [3.05, 3.63) is 29.8 Å². The number of hydrogen-bond donors (Lipinski definition) is 12. The molecule has 34 nitrogen and oxygen atoms in total. The fraction of sp³-hybridized carbons (Fsp3) is 0.683. The van der Waals surface area contributed by atoms with E-state index in [1.165, 1.54) is 0 Å². The smallest absolute Gasteiger partial charge is 0.373 e. The van der Waals surface area contributed by atoms with Crippen LogP contribution >= 0.6 is 0 Å². The Balaban J connectivity index is 0.00000753. The molecule has 2 aliphatic heterocycles. The molecule has 1 aromatic heterocycles. The Morgan fingerprint density at radius 1 is 0.547 bits per heavy atom. The van der Waals surface area contributed by atoms with Gasteiger partial charge in [0.2, 0.25) is 23.8 Å². The van der Waals surface area contributed by atoms with Crippen LogP contribution in [-0.4, -0.2) is 298 Å². The van der Waals surface area contributed by atoms with Gasteiger partial charge in [0.25, 0.3) is 0 Å². The number of unbranched alkanes of at least 4 members (excludes halogenated alkanes) is 8. The van der Waals surface area contributed by atoms with Gasteiger partial charge in [0, 0.05) is 147 Å². The summed E-state index contributed by atoms with van der Waals surface area (Å²) >= 11 is 0. The molecular formula is C60H96LuN14O20. The normalized spacial score (nSPS) is 15.9. The zero-order chi connectivity index (χ0) is 69.0. The first kappa shape index (κ1) is 84.1. The molecule has 0 aliphatic carbocycles. The van der Waals surface area contributed by atoms with E-state index in [2.05, 4.69) is 46.3 Å². The molecule has 2 aromatic rings. The number of amides is 3. The fourth-order valence-corrected chi connectivity index (χ4v) is 10.4. The number of carboxylic acids is 7. The third kappa shape index (κ3) is 39.6. The number of urea groups is 1. The SMILES string of the molecule is CN1CCN(CC(=O)O)CCN(CC(=O)O)CCN(CC(=O)O)C(Cc2ccc(Nc3nc(NCCOCCOCCC(=O)O)nc(N4CCN(CCCCCCCCCCC(=O)NCCCC[C@H](NC(=O)N[C@@H](CCC(=O)O)C(=O)O)C(=O)O)CC4)n3)cc2)C1.O=C=O.[Lu]. The summed E-state index contributed by atoms with van der Waals surface area (Å²) in [7, 11) is 1.92. The molecule has 2 aliphatic rings. The summed E-state index contributed by atoms with van der Waals surface area (Å²) in [4.78, 5) is 147. The van der Waals surface area contributed by atoms with Crippen LogP contribution in [0.5, 0.6) is 0 Å². The molecule has 0 bridgehead atoms. The van der Waals surface area contributed by atoms with Gasteiger partial charge < -0.3 is 81.6 Å². The number of carboxylic acid groups (broad SMARTS) is 7. The fourth-order valence-electron chi connectivity index (χ4n) is 10.4. The third-order valence-corrected chi connectivity index (χ3v) is 15.4. The second kappa shape index (κ2) is 49.5. The van der Waals surface area contributed by atoms with E-state index in [-0.39, 0.29) is 127 Å². The van der Waals surface area contributed by atoms with Gasteiger partial charge in [0.15, 0.2) is 0 Å². The van der Waals surface area contributed by atoms with Gasteiger partial charge in [-0.2, -0.15) is 24.5 Å². The van der Waals surface area contributed by atoms with Crippen molar-refractivity contribution in [2.24, 2.45) is 0 Å². The number of likely N-dealkylation sites (N-methyl/N-ethyl adjacent to an activating group) is 1. The molecule has 3 amide bonds. The van der Waals surface area contributed by atoms with Crippen LogP contribution in [0.25, 0.3) is 0 Å². The van der Waals surface area contributed by atoms with Crippen molar-refractivity contribution < 1.29 is 135 Å². The van der Waals surface area contributed by atoms with Gasteiger partial charge >= 0.3 is 54.0 Å². The first-order valence-electron chi connectivity index (χ1n) is 31.8. The van der Waals surface area contributed by atoms with Crippen molar-refractivity contribution in [1.82, 2.24) is 55.4 Å². The monoisotopic (exact) mass is 1510 g/mol. The molecule has 3 atom stereocenters. The van der Waals surface area contributed by atoms with E-state index < -0.39 is 66.3 Å². The Morgan fingerprint density at radius 3 is 1.65 bits per heavy atom. The standard InChI is InChI=1S/C59H96N14O18.CO2.Lu/c1-68-24-25-70(40-51(79)80)26-27-71(41-52(81)82)30-33-73(42-53(83)84)45(39-68)38-43-14-16-44(17-15-43)62-57-65-56(61-22-35-91-37-36-90-34-20-50(77)78)66-58(67-57)72-31-28-69(29-32-72)23-11-7-5-3-2-4-6-8-13-48(74)60-21-10-9-12-46(54(85)86)63-59(89)64-47(55(87)88)18-19-49(75)76;2-1-3;/h14-17,45-47H,2-13,18-42H2,1H3,(H,60,74)(H,75,76)(H,77,78)(H,79,80)(H,81,82)(H,83,84)(H,85,86)(H,87,88)(H2,63,64,89)(H2,61,62,65,66,67);;/t45?,46-,47-;;/m0../s1. The van der Waals surface area contributed by atoms with E-state index in [1.807, 2.05) is 36.2 Å². The van der Waals surface area contributed by atoms with Crippen LogP contribution in [0.3, 0.4) is 0 Å². The number of nitrogens with zero attached hydrogens (tertiary/aromatic N) is 9. The summed E-state index contributed by atoms with van der Waals surface area (Å²) in [6.45, 7) is 7.56. The average molecular weight is 1510 g/mol. The van der Waals surface area contributed by atoms with Gasteiger partial charge in [0.05, 0.1) is 52.5 Å². The van der Waals surface area contributed by atoms with Crippen LogP contribution in [0.1, 0.15) is 102 Å². The number of benzene rings is 1. The predicted molar refractivity (Wildman–Crippen MR) is 338 cm³/mol. The van der Waals surface area contributed by atoms with Gasteiger partial charge in [0.1, 0.15) is 12.1 Å². The molecular weight excluding hydrogens is 1410 g/mol. The Bertz CT molecular complexity index is 2680. The Kier molecular flexibility index (Phi) is 43.8. The van der Waals surface area contributed by atoms with Crippen LogP contribution < -0.4 is 31.5 Å². The van der Waals surface area contributed by atoms with Crippen molar-refractivity contribution in [3.63, 3.8) is 0 Å². The van der Waals surface area contributed by atoms with E-state index in [1.54, 1.807) is 9.80 Å². The van der Waals surface area contributed by atoms with Crippen LogP contribution in [0.2, 0.25) is 0 Å². The molecule has 2 saturated heterocycles. The van der Waals surface area contributed by atoms with Gasteiger partial charge in [-0.1, -0.05) is 50.7 Å². The van der Waals surface area contributed by atoms with Gasteiger partial charge in [-0.3, -0.25) is 48.4 Å². The number of ether oxygens (including phenoxy) is 2. The molecule has 35 heteroatoms.